The zero-order valence-electron chi connectivity index (χ0n) is 17.7. The van der Waals surface area contributed by atoms with E-state index in [-0.39, 0.29) is 11.5 Å². The van der Waals surface area contributed by atoms with Crippen molar-refractivity contribution in [3.8, 4) is 0 Å². The lowest BCUT2D eigenvalue weighted by atomic mass is 9.66. The van der Waals surface area contributed by atoms with Crippen LogP contribution in [0, 0.1) is 11.3 Å². The number of benzene rings is 2. The van der Waals surface area contributed by atoms with E-state index < -0.39 is 0 Å². The summed E-state index contributed by atoms with van der Waals surface area (Å²) in [4.78, 5) is 0. The summed E-state index contributed by atoms with van der Waals surface area (Å²) >= 11 is 0. The Morgan fingerprint density at radius 3 is 2.38 bits per heavy atom. The molecule has 1 fully saturated rings. The summed E-state index contributed by atoms with van der Waals surface area (Å²) in [5.74, 6) is 0.460. The van der Waals surface area contributed by atoms with Crippen LogP contribution in [0.25, 0.3) is 11.1 Å². The molecule has 0 saturated heterocycles. The number of rotatable bonds is 8. The normalized spacial score (nSPS) is 26.0. The van der Waals surface area contributed by atoms with Crippen molar-refractivity contribution in [1.82, 2.24) is 0 Å². The van der Waals surface area contributed by atoms with Gasteiger partial charge in [0.25, 0.3) is 0 Å². The lowest BCUT2D eigenvalue weighted by Gasteiger charge is -2.36. The summed E-state index contributed by atoms with van der Waals surface area (Å²) in [5, 5.41) is 10.7. The largest absolute Gasteiger partial charge is 0.393 e. The van der Waals surface area contributed by atoms with Gasteiger partial charge in [-0.05, 0) is 60.3 Å². The van der Waals surface area contributed by atoms with Crippen LogP contribution in [0.5, 0.6) is 0 Å². The number of aliphatic hydroxyl groups excluding tert-OH is 1. The number of unbranched alkanes of at least 4 members (excludes halogenated alkanes) is 3. The third-order valence-corrected chi connectivity index (χ3v) is 7.16. The Hall–Kier alpha value is -2.12. The molecule has 0 unspecified atom stereocenters. The van der Waals surface area contributed by atoms with Crippen molar-refractivity contribution in [2.75, 3.05) is 0 Å². The first kappa shape index (κ1) is 20.2. The second-order valence-electron chi connectivity index (χ2n) is 8.97. The van der Waals surface area contributed by atoms with Crippen LogP contribution < -0.4 is 0 Å². The average molecular weight is 387 g/mol. The molecule has 0 spiro atoms. The molecule has 29 heavy (non-hydrogen) atoms. The van der Waals surface area contributed by atoms with Gasteiger partial charge in [0, 0.05) is 5.41 Å². The predicted octanol–water partition coefficient (Wildman–Crippen LogP) is 7.29. The molecule has 0 amide bonds. The van der Waals surface area contributed by atoms with Crippen molar-refractivity contribution < 1.29 is 5.11 Å². The number of allylic oxidation sites excluding steroid dienone is 3. The highest BCUT2D eigenvalue weighted by Crippen LogP contribution is 2.66. The molecule has 2 aliphatic rings. The standard InChI is InChI=1S/C28H34O/c1-3-4-5-8-17-24-18-25-19-26(29)20-28(25,21(2)22-13-9-6-10-14-22)27(24)23-15-11-7-12-16-23/h6-7,9-16,25-26,29H,2-5,8,17-20H2,1H3/t25-,26+,28-/m0/s1. The van der Waals surface area contributed by atoms with Crippen molar-refractivity contribution in [3.63, 3.8) is 0 Å². The van der Waals surface area contributed by atoms with E-state index in [1.165, 1.54) is 54.4 Å². The van der Waals surface area contributed by atoms with E-state index in [9.17, 15) is 5.11 Å². The van der Waals surface area contributed by atoms with Crippen molar-refractivity contribution in [3.05, 3.63) is 83.9 Å². The van der Waals surface area contributed by atoms with Gasteiger partial charge < -0.3 is 5.11 Å². The van der Waals surface area contributed by atoms with Gasteiger partial charge in [-0.25, -0.2) is 0 Å². The van der Waals surface area contributed by atoms with Crippen LogP contribution in [0.2, 0.25) is 0 Å². The number of hydrogen-bond donors (Lipinski definition) is 1. The minimum absolute atomic E-state index is 0.137. The molecular weight excluding hydrogens is 352 g/mol. The van der Waals surface area contributed by atoms with Gasteiger partial charge in [-0.2, -0.15) is 0 Å². The van der Waals surface area contributed by atoms with Crippen LogP contribution in [0.4, 0.5) is 0 Å². The van der Waals surface area contributed by atoms with Crippen LogP contribution >= 0.6 is 0 Å². The van der Waals surface area contributed by atoms with Crippen LogP contribution in [-0.4, -0.2) is 11.2 Å². The van der Waals surface area contributed by atoms with Gasteiger partial charge in [0.2, 0.25) is 0 Å². The molecule has 0 bridgehead atoms. The number of aliphatic hydroxyl groups is 1. The van der Waals surface area contributed by atoms with Crippen molar-refractivity contribution in [2.24, 2.45) is 11.3 Å². The molecule has 0 radical (unpaired) electrons. The molecule has 2 aliphatic carbocycles. The summed E-state index contributed by atoms with van der Waals surface area (Å²) < 4.78 is 0. The fraction of sp³-hybridized carbons (Fsp3) is 0.429. The average Bonchev–Trinajstić information content (AvgIpc) is 3.23. The zero-order valence-corrected chi connectivity index (χ0v) is 17.7. The van der Waals surface area contributed by atoms with Crippen molar-refractivity contribution >= 4 is 11.1 Å². The van der Waals surface area contributed by atoms with E-state index in [2.05, 4.69) is 74.2 Å². The van der Waals surface area contributed by atoms with Gasteiger partial charge in [0.1, 0.15) is 0 Å². The summed E-state index contributed by atoms with van der Waals surface area (Å²) in [6.07, 6.45) is 8.91. The first-order chi connectivity index (χ1) is 14.2. The minimum atomic E-state index is -0.235. The quantitative estimate of drug-likeness (QED) is 0.472. The van der Waals surface area contributed by atoms with Crippen LogP contribution in [-0.2, 0) is 0 Å². The highest BCUT2D eigenvalue weighted by Gasteiger charge is 2.55. The SMILES string of the molecule is C=C(c1ccccc1)[C@@]12C[C@H](O)C[C@@H]1CC(CCCCCC)=C2c1ccccc1. The fourth-order valence-electron chi connectivity index (χ4n) is 5.91. The first-order valence-corrected chi connectivity index (χ1v) is 11.4. The third-order valence-electron chi connectivity index (χ3n) is 7.16. The summed E-state index contributed by atoms with van der Waals surface area (Å²) in [6, 6.07) is 21.5. The number of fused-ring (bicyclic) bond motifs is 1. The summed E-state index contributed by atoms with van der Waals surface area (Å²) in [6.45, 7) is 6.92. The molecule has 152 valence electrons. The Balaban J connectivity index is 1.80. The van der Waals surface area contributed by atoms with Crippen LogP contribution in [0.15, 0.2) is 72.8 Å². The minimum Gasteiger partial charge on any atom is -0.393 e. The molecule has 0 aromatic heterocycles. The van der Waals surface area contributed by atoms with E-state index in [1.807, 2.05) is 0 Å². The number of hydrogen-bond acceptors (Lipinski definition) is 1. The van der Waals surface area contributed by atoms with Crippen molar-refractivity contribution in [2.45, 2.75) is 64.4 Å². The smallest absolute Gasteiger partial charge is 0.0555 e. The molecule has 2 aromatic carbocycles. The van der Waals surface area contributed by atoms with Gasteiger partial charge in [0.05, 0.1) is 6.10 Å². The van der Waals surface area contributed by atoms with E-state index in [0.29, 0.717) is 5.92 Å². The van der Waals surface area contributed by atoms with Gasteiger partial charge >= 0.3 is 0 Å². The molecule has 4 rings (SSSR count). The Morgan fingerprint density at radius 1 is 1.00 bits per heavy atom. The van der Waals surface area contributed by atoms with E-state index in [0.717, 1.165) is 19.3 Å². The van der Waals surface area contributed by atoms with E-state index in [4.69, 9.17) is 0 Å². The third kappa shape index (κ3) is 3.73. The molecular formula is C28H34O. The Labute approximate surface area is 176 Å². The zero-order chi connectivity index (χ0) is 20.3. The molecule has 0 aliphatic heterocycles. The van der Waals surface area contributed by atoms with Gasteiger partial charge in [0.15, 0.2) is 0 Å². The second-order valence-corrected chi connectivity index (χ2v) is 8.97. The molecule has 0 heterocycles. The Morgan fingerprint density at radius 2 is 1.69 bits per heavy atom. The van der Waals surface area contributed by atoms with Crippen LogP contribution in [0.3, 0.4) is 0 Å². The van der Waals surface area contributed by atoms with Gasteiger partial charge in [-0.3, -0.25) is 0 Å². The lowest BCUT2D eigenvalue weighted by Crippen LogP contribution is -2.25. The predicted molar refractivity (Wildman–Crippen MR) is 123 cm³/mol. The molecule has 3 atom stereocenters. The second kappa shape index (κ2) is 8.71. The molecule has 1 saturated carbocycles. The first-order valence-electron chi connectivity index (χ1n) is 11.4. The molecule has 1 N–H and O–H groups in total. The van der Waals surface area contributed by atoms with E-state index in [1.54, 1.807) is 5.57 Å². The Bertz CT molecular complexity index is 864. The lowest BCUT2D eigenvalue weighted by molar-refractivity contribution is 0.174. The van der Waals surface area contributed by atoms with Crippen molar-refractivity contribution in [1.29, 1.82) is 0 Å². The highest BCUT2D eigenvalue weighted by molar-refractivity contribution is 5.90. The fourth-order valence-corrected chi connectivity index (χ4v) is 5.91. The van der Waals surface area contributed by atoms with Gasteiger partial charge in [-0.15, -0.1) is 0 Å². The Kier molecular flexibility index (Phi) is 6.06. The maximum atomic E-state index is 10.7. The molecule has 1 heteroatoms. The van der Waals surface area contributed by atoms with Crippen LogP contribution in [0.1, 0.15) is 69.4 Å². The van der Waals surface area contributed by atoms with E-state index >= 15 is 0 Å². The summed E-state index contributed by atoms with van der Waals surface area (Å²) in [5.41, 5.74) is 6.69. The topological polar surface area (TPSA) is 20.2 Å². The maximum absolute atomic E-state index is 10.7. The van der Waals surface area contributed by atoms with Gasteiger partial charge in [-0.1, -0.05) is 99.0 Å². The highest BCUT2D eigenvalue weighted by atomic mass is 16.3. The molecule has 1 nitrogen and oxygen atoms in total. The summed E-state index contributed by atoms with van der Waals surface area (Å²) in [7, 11) is 0. The monoisotopic (exact) mass is 386 g/mol. The maximum Gasteiger partial charge on any atom is 0.0555 e. The molecule has 2 aromatic rings.